The van der Waals surface area contributed by atoms with E-state index in [2.05, 4.69) is 19.2 Å². The molecule has 0 heterocycles. The van der Waals surface area contributed by atoms with Crippen molar-refractivity contribution in [3.8, 4) is 5.75 Å². The largest absolute Gasteiger partial charge is 0.494 e. The van der Waals surface area contributed by atoms with Crippen LogP contribution >= 0.6 is 0 Å². The summed E-state index contributed by atoms with van der Waals surface area (Å²) < 4.78 is 5.48. The van der Waals surface area contributed by atoms with E-state index in [-0.39, 0.29) is 5.91 Å². The summed E-state index contributed by atoms with van der Waals surface area (Å²) in [5.41, 5.74) is 0.734. The van der Waals surface area contributed by atoms with Gasteiger partial charge in [-0.05, 0) is 30.7 Å². The fourth-order valence-electron chi connectivity index (χ4n) is 1.13. The number of unbranched alkanes of at least 4 members (excludes halogenated alkanes) is 1. The Morgan fingerprint density at radius 2 is 2.07 bits per heavy atom. The van der Waals surface area contributed by atoms with E-state index in [0.717, 1.165) is 30.9 Å². The highest BCUT2D eigenvalue weighted by Gasteiger charge is 1.96. The van der Waals surface area contributed by atoms with Crippen LogP contribution in [-0.4, -0.2) is 12.5 Å². The minimum atomic E-state index is -0.311. The van der Waals surface area contributed by atoms with Crippen molar-refractivity contribution in [3.05, 3.63) is 31.2 Å². The lowest BCUT2D eigenvalue weighted by atomic mass is 10.3. The third kappa shape index (κ3) is 4.49. The van der Waals surface area contributed by atoms with Gasteiger partial charge in [0.25, 0.3) is 0 Å². The standard InChI is InChI=1S/C12H16NO2/c1-3-4-9-15-12-7-5-11(6-8-12)13-10(2)14/h5-8H,2-4,9H2,1H3,(H,13,14). The zero-order valence-electron chi connectivity index (χ0n) is 8.95. The second-order valence-corrected chi connectivity index (χ2v) is 3.27. The number of hydrogen-bond acceptors (Lipinski definition) is 2. The average Bonchev–Trinajstić information content (AvgIpc) is 2.20. The van der Waals surface area contributed by atoms with E-state index in [9.17, 15) is 4.79 Å². The summed E-state index contributed by atoms with van der Waals surface area (Å²) in [4.78, 5) is 10.7. The first kappa shape index (κ1) is 11.6. The van der Waals surface area contributed by atoms with Crippen molar-refractivity contribution in [2.45, 2.75) is 19.8 Å². The van der Waals surface area contributed by atoms with E-state index in [4.69, 9.17) is 4.74 Å². The summed E-state index contributed by atoms with van der Waals surface area (Å²) >= 11 is 0. The molecule has 15 heavy (non-hydrogen) atoms. The maximum absolute atomic E-state index is 10.7. The predicted octanol–water partition coefficient (Wildman–Crippen LogP) is 2.64. The maximum Gasteiger partial charge on any atom is 0.224 e. The van der Waals surface area contributed by atoms with Gasteiger partial charge in [0.15, 0.2) is 0 Å². The Bertz CT molecular complexity index is 306. The predicted molar refractivity (Wildman–Crippen MR) is 60.8 cm³/mol. The number of ether oxygens (including phenoxy) is 1. The van der Waals surface area contributed by atoms with Gasteiger partial charge in [-0.15, -0.1) is 0 Å². The molecule has 0 bridgehead atoms. The number of rotatable bonds is 5. The van der Waals surface area contributed by atoms with Crippen LogP contribution in [0.25, 0.3) is 0 Å². The van der Waals surface area contributed by atoms with E-state index in [0.29, 0.717) is 0 Å². The Labute approximate surface area is 90.4 Å². The lowest BCUT2D eigenvalue weighted by Crippen LogP contribution is -2.05. The van der Waals surface area contributed by atoms with Gasteiger partial charge in [0.1, 0.15) is 5.75 Å². The molecule has 81 valence electrons. The van der Waals surface area contributed by atoms with E-state index in [1.54, 1.807) is 12.1 Å². The van der Waals surface area contributed by atoms with E-state index in [1.165, 1.54) is 0 Å². The quantitative estimate of drug-likeness (QED) is 0.752. The highest BCUT2D eigenvalue weighted by molar-refractivity contribution is 5.93. The molecule has 0 aliphatic heterocycles. The van der Waals surface area contributed by atoms with Crippen molar-refractivity contribution in [2.24, 2.45) is 0 Å². The molecule has 0 aliphatic carbocycles. The van der Waals surface area contributed by atoms with Gasteiger partial charge >= 0.3 is 0 Å². The van der Waals surface area contributed by atoms with Gasteiger partial charge in [-0.3, -0.25) is 4.79 Å². The van der Waals surface area contributed by atoms with E-state index >= 15 is 0 Å². The normalized spacial score (nSPS) is 9.73. The van der Waals surface area contributed by atoms with Crippen LogP contribution in [0.5, 0.6) is 5.75 Å². The Balaban J connectivity index is 2.45. The van der Waals surface area contributed by atoms with Gasteiger partial charge in [0.05, 0.1) is 6.61 Å². The van der Waals surface area contributed by atoms with Crippen LogP contribution in [0, 0.1) is 6.92 Å². The minimum Gasteiger partial charge on any atom is -0.494 e. The number of nitrogens with one attached hydrogen (secondary N) is 1. The van der Waals surface area contributed by atoms with Crippen LogP contribution in [0.4, 0.5) is 5.69 Å². The minimum absolute atomic E-state index is 0.311. The topological polar surface area (TPSA) is 38.3 Å². The monoisotopic (exact) mass is 206 g/mol. The van der Waals surface area contributed by atoms with Gasteiger partial charge in [-0.2, -0.15) is 0 Å². The molecule has 1 aromatic rings. The van der Waals surface area contributed by atoms with Crippen LogP contribution < -0.4 is 10.1 Å². The third-order valence-corrected chi connectivity index (χ3v) is 1.90. The smallest absolute Gasteiger partial charge is 0.224 e. The van der Waals surface area contributed by atoms with Gasteiger partial charge in [0, 0.05) is 12.6 Å². The molecular weight excluding hydrogens is 190 g/mol. The molecule has 1 N–H and O–H groups in total. The summed E-state index contributed by atoms with van der Waals surface area (Å²) in [5, 5.41) is 2.59. The first-order valence-corrected chi connectivity index (χ1v) is 5.08. The molecule has 0 aromatic heterocycles. The van der Waals surface area contributed by atoms with Gasteiger partial charge < -0.3 is 10.1 Å². The molecule has 0 saturated heterocycles. The van der Waals surface area contributed by atoms with Crippen LogP contribution in [-0.2, 0) is 4.79 Å². The number of benzene rings is 1. The van der Waals surface area contributed by atoms with Crippen molar-refractivity contribution < 1.29 is 9.53 Å². The van der Waals surface area contributed by atoms with E-state index < -0.39 is 0 Å². The summed E-state index contributed by atoms with van der Waals surface area (Å²) in [6.07, 6.45) is 2.17. The van der Waals surface area contributed by atoms with Crippen molar-refractivity contribution in [1.82, 2.24) is 0 Å². The van der Waals surface area contributed by atoms with Gasteiger partial charge in [0.2, 0.25) is 5.91 Å². The van der Waals surface area contributed by atoms with Crippen molar-refractivity contribution in [1.29, 1.82) is 0 Å². The molecule has 0 spiro atoms. The van der Waals surface area contributed by atoms with Crippen LogP contribution in [0.1, 0.15) is 19.8 Å². The summed E-state index contributed by atoms with van der Waals surface area (Å²) in [7, 11) is 0. The Hall–Kier alpha value is -1.51. The Morgan fingerprint density at radius 1 is 1.40 bits per heavy atom. The fourth-order valence-corrected chi connectivity index (χ4v) is 1.13. The number of carbonyl (C=O) groups excluding carboxylic acids is 1. The van der Waals surface area contributed by atoms with Crippen LogP contribution in [0.15, 0.2) is 24.3 Å². The molecule has 0 atom stereocenters. The molecule has 0 saturated carbocycles. The summed E-state index contributed by atoms with van der Waals surface area (Å²) in [5.74, 6) is 0.514. The molecule has 1 aromatic carbocycles. The molecule has 1 amide bonds. The van der Waals surface area contributed by atoms with E-state index in [1.807, 2.05) is 12.1 Å². The summed E-state index contributed by atoms with van der Waals surface area (Å²) in [6, 6.07) is 7.26. The van der Waals surface area contributed by atoms with Crippen molar-refractivity contribution >= 4 is 11.6 Å². The first-order chi connectivity index (χ1) is 7.22. The molecule has 0 aliphatic rings. The van der Waals surface area contributed by atoms with Crippen LogP contribution in [0.2, 0.25) is 0 Å². The molecule has 3 heteroatoms. The Morgan fingerprint density at radius 3 is 2.60 bits per heavy atom. The number of anilines is 1. The fraction of sp³-hybridized carbons (Fsp3) is 0.333. The zero-order chi connectivity index (χ0) is 11.1. The molecule has 1 radical (unpaired) electrons. The zero-order valence-corrected chi connectivity index (χ0v) is 8.95. The average molecular weight is 206 g/mol. The molecule has 3 nitrogen and oxygen atoms in total. The maximum atomic E-state index is 10.7. The molecule has 1 rings (SSSR count). The second-order valence-electron chi connectivity index (χ2n) is 3.27. The number of amides is 1. The van der Waals surface area contributed by atoms with Gasteiger partial charge in [-0.1, -0.05) is 13.3 Å². The van der Waals surface area contributed by atoms with Crippen LogP contribution in [0.3, 0.4) is 0 Å². The van der Waals surface area contributed by atoms with Gasteiger partial charge in [-0.25, -0.2) is 0 Å². The summed E-state index contributed by atoms with van der Waals surface area (Å²) in [6.45, 7) is 6.09. The lowest BCUT2D eigenvalue weighted by molar-refractivity contribution is -0.112. The number of carbonyl (C=O) groups is 1. The molecule has 0 fully saturated rings. The molecular formula is C12H16NO2. The SMILES string of the molecule is [CH2]C(=O)Nc1ccc(OCCCC)cc1. The molecule has 0 unspecified atom stereocenters. The highest BCUT2D eigenvalue weighted by Crippen LogP contribution is 2.15. The lowest BCUT2D eigenvalue weighted by Gasteiger charge is -2.06. The highest BCUT2D eigenvalue weighted by atomic mass is 16.5. The second kappa shape index (κ2) is 6.06. The number of hydrogen-bond donors (Lipinski definition) is 1. The third-order valence-electron chi connectivity index (χ3n) is 1.90. The van der Waals surface area contributed by atoms with Crippen molar-refractivity contribution in [3.63, 3.8) is 0 Å². The Kier molecular flexibility index (Phi) is 4.68. The van der Waals surface area contributed by atoms with Crippen molar-refractivity contribution in [2.75, 3.05) is 11.9 Å². The first-order valence-electron chi connectivity index (χ1n) is 5.08.